The summed E-state index contributed by atoms with van der Waals surface area (Å²) in [7, 11) is 3.49. The van der Waals surface area contributed by atoms with E-state index in [2.05, 4.69) is 26.6 Å². The average molecular weight is 301 g/mol. The molecule has 0 atom stereocenters. The zero-order valence-corrected chi connectivity index (χ0v) is 11.6. The first-order valence-corrected chi connectivity index (χ1v) is 6.24. The highest BCUT2D eigenvalue weighted by atomic mass is 79.9. The number of hydrogen-bond acceptors (Lipinski definition) is 3. The Morgan fingerprint density at radius 1 is 1.41 bits per heavy atom. The molecule has 5 heteroatoms. The number of rotatable bonds is 6. The van der Waals surface area contributed by atoms with Gasteiger partial charge in [0, 0.05) is 12.1 Å². The molecule has 0 bridgehead atoms. The van der Waals surface area contributed by atoms with Crippen LogP contribution in [0.15, 0.2) is 22.7 Å². The van der Waals surface area contributed by atoms with Crippen molar-refractivity contribution in [2.45, 2.75) is 6.42 Å². The molecule has 4 nitrogen and oxygen atoms in total. The van der Waals surface area contributed by atoms with Gasteiger partial charge in [0.15, 0.2) is 0 Å². The maximum Gasteiger partial charge on any atom is 0.251 e. The van der Waals surface area contributed by atoms with Crippen molar-refractivity contribution in [3.63, 3.8) is 0 Å². The summed E-state index contributed by atoms with van der Waals surface area (Å²) in [6.45, 7) is 1.57. The number of nitrogens with one attached hydrogen (secondary N) is 2. The van der Waals surface area contributed by atoms with Crippen molar-refractivity contribution in [1.29, 1.82) is 0 Å². The molecule has 1 amide bonds. The fourth-order valence-electron chi connectivity index (χ4n) is 1.38. The second-order valence-corrected chi connectivity index (χ2v) is 4.42. The smallest absolute Gasteiger partial charge is 0.251 e. The van der Waals surface area contributed by atoms with Crippen LogP contribution in [-0.4, -0.2) is 33.2 Å². The fraction of sp³-hybridized carbons (Fsp3) is 0.417. The molecule has 0 saturated heterocycles. The fourth-order valence-corrected chi connectivity index (χ4v) is 1.92. The first-order valence-electron chi connectivity index (χ1n) is 5.45. The van der Waals surface area contributed by atoms with Crippen molar-refractivity contribution >= 4 is 21.8 Å². The summed E-state index contributed by atoms with van der Waals surface area (Å²) in [5.74, 6) is 0.654. The molecule has 0 spiro atoms. The largest absolute Gasteiger partial charge is 0.496 e. The lowest BCUT2D eigenvalue weighted by Crippen LogP contribution is -2.26. The molecular formula is C12H17BrN2O2. The average Bonchev–Trinajstić information content (AvgIpc) is 2.34. The number of hydrogen-bond donors (Lipinski definition) is 2. The third kappa shape index (κ3) is 4.36. The molecule has 0 aliphatic heterocycles. The molecule has 0 heterocycles. The first-order chi connectivity index (χ1) is 8.19. The van der Waals surface area contributed by atoms with Gasteiger partial charge in [0.05, 0.1) is 11.6 Å². The topological polar surface area (TPSA) is 50.4 Å². The monoisotopic (exact) mass is 300 g/mol. The highest BCUT2D eigenvalue weighted by Crippen LogP contribution is 2.25. The molecule has 17 heavy (non-hydrogen) atoms. The van der Waals surface area contributed by atoms with Crippen LogP contribution in [0, 0.1) is 0 Å². The molecular weight excluding hydrogens is 284 g/mol. The quantitative estimate of drug-likeness (QED) is 0.788. The van der Waals surface area contributed by atoms with E-state index < -0.39 is 0 Å². The Morgan fingerprint density at radius 2 is 2.18 bits per heavy atom. The second kappa shape index (κ2) is 7.29. The molecule has 0 saturated carbocycles. The summed E-state index contributed by atoms with van der Waals surface area (Å²) in [5, 5.41) is 5.89. The van der Waals surface area contributed by atoms with E-state index in [-0.39, 0.29) is 5.91 Å². The van der Waals surface area contributed by atoms with Gasteiger partial charge in [0.2, 0.25) is 0 Å². The van der Waals surface area contributed by atoms with E-state index in [1.54, 1.807) is 25.3 Å². The summed E-state index contributed by atoms with van der Waals surface area (Å²) < 4.78 is 5.89. The lowest BCUT2D eigenvalue weighted by Gasteiger charge is -2.07. The number of carbonyl (C=O) groups excluding carboxylic acids is 1. The normalized spacial score (nSPS) is 10.1. The van der Waals surface area contributed by atoms with E-state index in [4.69, 9.17) is 4.74 Å². The van der Waals surface area contributed by atoms with Gasteiger partial charge in [-0.05, 0) is 54.1 Å². The molecule has 94 valence electrons. The van der Waals surface area contributed by atoms with Gasteiger partial charge in [0.1, 0.15) is 5.75 Å². The Morgan fingerprint density at radius 3 is 2.76 bits per heavy atom. The Balaban J connectivity index is 2.54. The molecule has 0 aromatic heterocycles. The van der Waals surface area contributed by atoms with Crippen LogP contribution < -0.4 is 15.4 Å². The van der Waals surface area contributed by atoms with Crippen LogP contribution >= 0.6 is 15.9 Å². The van der Waals surface area contributed by atoms with Crippen molar-refractivity contribution < 1.29 is 9.53 Å². The number of benzene rings is 1. The summed E-state index contributed by atoms with van der Waals surface area (Å²) in [6, 6.07) is 5.27. The van der Waals surface area contributed by atoms with E-state index in [1.165, 1.54) is 0 Å². The highest BCUT2D eigenvalue weighted by Gasteiger charge is 2.07. The third-order valence-electron chi connectivity index (χ3n) is 2.30. The summed E-state index contributed by atoms with van der Waals surface area (Å²) in [4.78, 5) is 11.8. The highest BCUT2D eigenvalue weighted by molar-refractivity contribution is 9.10. The van der Waals surface area contributed by atoms with E-state index >= 15 is 0 Å². The van der Waals surface area contributed by atoms with Crippen LogP contribution in [0.3, 0.4) is 0 Å². The molecule has 0 unspecified atom stereocenters. The number of amides is 1. The Bertz CT molecular complexity index is 383. The van der Waals surface area contributed by atoms with Crippen LogP contribution in [0.2, 0.25) is 0 Å². The summed E-state index contributed by atoms with van der Waals surface area (Å²) in [5.41, 5.74) is 0.627. The number of carbonyl (C=O) groups is 1. The molecule has 0 radical (unpaired) electrons. The van der Waals surface area contributed by atoms with Gasteiger partial charge in [-0.15, -0.1) is 0 Å². The SMILES string of the molecule is CNCCCNC(=O)c1ccc(OC)c(Br)c1. The van der Waals surface area contributed by atoms with Gasteiger partial charge in [-0.3, -0.25) is 4.79 Å². The van der Waals surface area contributed by atoms with Gasteiger partial charge in [0.25, 0.3) is 5.91 Å². The third-order valence-corrected chi connectivity index (χ3v) is 2.92. The van der Waals surface area contributed by atoms with E-state index in [0.29, 0.717) is 12.1 Å². The molecule has 2 N–H and O–H groups in total. The zero-order valence-electron chi connectivity index (χ0n) is 10.0. The van der Waals surface area contributed by atoms with Crippen molar-refractivity contribution in [3.05, 3.63) is 28.2 Å². The summed E-state index contributed by atoms with van der Waals surface area (Å²) >= 11 is 3.35. The van der Waals surface area contributed by atoms with E-state index in [1.807, 2.05) is 7.05 Å². The molecule has 0 aliphatic carbocycles. The lowest BCUT2D eigenvalue weighted by molar-refractivity contribution is 0.0953. The number of halogens is 1. The lowest BCUT2D eigenvalue weighted by atomic mass is 10.2. The van der Waals surface area contributed by atoms with Gasteiger partial charge < -0.3 is 15.4 Å². The summed E-state index contributed by atoms with van der Waals surface area (Å²) in [6.07, 6.45) is 0.916. The second-order valence-electron chi connectivity index (χ2n) is 3.56. The van der Waals surface area contributed by atoms with E-state index in [9.17, 15) is 4.79 Å². The predicted octanol–water partition coefficient (Wildman–Crippen LogP) is 1.80. The predicted molar refractivity (Wildman–Crippen MR) is 71.6 cm³/mol. The van der Waals surface area contributed by atoms with Crippen molar-refractivity contribution in [2.75, 3.05) is 27.2 Å². The molecule has 0 fully saturated rings. The minimum atomic E-state index is -0.0653. The minimum Gasteiger partial charge on any atom is -0.496 e. The van der Waals surface area contributed by atoms with Crippen LogP contribution in [0.4, 0.5) is 0 Å². The number of methoxy groups -OCH3 is 1. The molecule has 1 aromatic rings. The Kier molecular flexibility index (Phi) is 6.00. The van der Waals surface area contributed by atoms with Gasteiger partial charge in [-0.1, -0.05) is 0 Å². The molecule has 1 rings (SSSR count). The molecule has 0 aliphatic rings. The van der Waals surface area contributed by atoms with Gasteiger partial charge >= 0.3 is 0 Å². The maximum atomic E-state index is 11.8. The zero-order chi connectivity index (χ0) is 12.7. The number of ether oxygens (including phenoxy) is 1. The Labute approximate surface area is 110 Å². The van der Waals surface area contributed by atoms with Crippen LogP contribution in [0.1, 0.15) is 16.8 Å². The van der Waals surface area contributed by atoms with Crippen molar-refractivity contribution in [2.24, 2.45) is 0 Å². The van der Waals surface area contributed by atoms with Gasteiger partial charge in [-0.25, -0.2) is 0 Å². The maximum absolute atomic E-state index is 11.8. The van der Waals surface area contributed by atoms with Crippen LogP contribution in [0.25, 0.3) is 0 Å². The minimum absolute atomic E-state index is 0.0653. The Hall–Kier alpha value is -1.07. The van der Waals surface area contributed by atoms with Crippen LogP contribution in [0.5, 0.6) is 5.75 Å². The van der Waals surface area contributed by atoms with Crippen LogP contribution in [-0.2, 0) is 0 Å². The van der Waals surface area contributed by atoms with Gasteiger partial charge in [-0.2, -0.15) is 0 Å². The van der Waals surface area contributed by atoms with Crippen molar-refractivity contribution in [3.8, 4) is 5.75 Å². The first kappa shape index (κ1) is 14.0. The van der Waals surface area contributed by atoms with E-state index in [0.717, 1.165) is 23.2 Å². The standard InChI is InChI=1S/C12H17BrN2O2/c1-14-6-3-7-15-12(16)9-4-5-11(17-2)10(13)8-9/h4-5,8,14H,3,6-7H2,1-2H3,(H,15,16). The molecule has 1 aromatic carbocycles. The van der Waals surface area contributed by atoms with Crippen molar-refractivity contribution in [1.82, 2.24) is 10.6 Å².